The maximum Gasteiger partial charge on any atom is 0.341 e. The predicted molar refractivity (Wildman–Crippen MR) is 82.4 cm³/mol. The van der Waals surface area contributed by atoms with Crippen molar-refractivity contribution >= 4 is 5.97 Å². The van der Waals surface area contributed by atoms with E-state index in [1.165, 1.54) is 10.7 Å². The van der Waals surface area contributed by atoms with Crippen molar-refractivity contribution in [2.45, 2.75) is 26.8 Å². The SMILES string of the molecule is CCCn1nc(-c2ccc(OCC)cc2)cc(C(=O)O)c1=O. The lowest BCUT2D eigenvalue weighted by atomic mass is 10.1. The highest BCUT2D eigenvalue weighted by Crippen LogP contribution is 2.20. The number of benzene rings is 1. The van der Waals surface area contributed by atoms with Crippen molar-refractivity contribution in [3.8, 4) is 17.0 Å². The van der Waals surface area contributed by atoms with Gasteiger partial charge in [-0.3, -0.25) is 4.79 Å². The van der Waals surface area contributed by atoms with Crippen LogP contribution in [0.1, 0.15) is 30.6 Å². The predicted octanol–water partition coefficient (Wildman–Crippen LogP) is 2.42. The van der Waals surface area contributed by atoms with E-state index in [9.17, 15) is 14.7 Å². The molecular formula is C16H18N2O4. The molecule has 0 radical (unpaired) electrons. The van der Waals surface area contributed by atoms with Gasteiger partial charge in [0.25, 0.3) is 5.56 Å². The van der Waals surface area contributed by atoms with Crippen LogP contribution in [-0.2, 0) is 6.54 Å². The summed E-state index contributed by atoms with van der Waals surface area (Å²) in [6.45, 7) is 4.75. The monoisotopic (exact) mass is 302 g/mol. The number of aromatic carboxylic acids is 1. The largest absolute Gasteiger partial charge is 0.494 e. The fraction of sp³-hybridized carbons (Fsp3) is 0.312. The van der Waals surface area contributed by atoms with Gasteiger partial charge in [-0.2, -0.15) is 5.10 Å². The van der Waals surface area contributed by atoms with Gasteiger partial charge in [-0.05, 0) is 43.7 Å². The average Bonchev–Trinajstić information content (AvgIpc) is 2.50. The summed E-state index contributed by atoms with van der Waals surface area (Å²) in [6.07, 6.45) is 0.693. The van der Waals surface area contributed by atoms with Crippen LogP contribution in [0.3, 0.4) is 0 Å². The zero-order valence-electron chi connectivity index (χ0n) is 12.6. The third kappa shape index (κ3) is 3.33. The van der Waals surface area contributed by atoms with Crippen LogP contribution >= 0.6 is 0 Å². The summed E-state index contributed by atoms with van der Waals surface area (Å²) in [5.74, 6) is -0.518. The summed E-state index contributed by atoms with van der Waals surface area (Å²) in [6, 6.07) is 8.47. The molecule has 1 aromatic heterocycles. The molecule has 1 aromatic carbocycles. The number of ether oxygens (including phenoxy) is 1. The molecule has 0 bridgehead atoms. The Labute approximate surface area is 128 Å². The van der Waals surface area contributed by atoms with Crippen molar-refractivity contribution in [1.29, 1.82) is 0 Å². The first-order valence-electron chi connectivity index (χ1n) is 7.15. The molecule has 2 rings (SSSR count). The van der Waals surface area contributed by atoms with Gasteiger partial charge in [0.05, 0.1) is 12.3 Å². The van der Waals surface area contributed by atoms with Gasteiger partial charge in [0.1, 0.15) is 11.3 Å². The van der Waals surface area contributed by atoms with E-state index < -0.39 is 11.5 Å². The Kier molecular flexibility index (Phi) is 4.93. The molecule has 6 heteroatoms. The molecule has 116 valence electrons. The van der Waals surface area contributed by atoms with E-state index in [0.29, 0.717) is 25.3 Å². The number of nitrogens with zero attached hydrogens (tertiary/aromatic N) is 2. The maximum absolute atomic E-state index is 12.0. The Balaban J connectivity index is 2.49. The van der Waals surface area contributed by atoms with Crippen LogP contribution in [-0.4, -0.2) is 27.5 Å². The highest BCUT2D eigenvalue weighted by molar-refractivity contribution is 5.88. The lowest BCUT2D eigenvalue weighted by molar-refractivity contribution is 0.0693. The van der Waals surface area contributed by atoms with Gasteiger partial charge in [-0.1, -0.05) is 6.92 Å². The second-order valence-electron chi connectivity index (χ2n) is 4.73. The van der Waals surface area contributed by atoms with Crippen molar-refractivity contribution < 1.29 is 14.6 Å². The Morgan fingerprint density at radius 2 is 1.95 bits per heavy atom. The molecule has 0 aliphatic carbocycles. The van der Waals surface area contributed by atoms with Crippen molar-refractivity contribution in [1.82, 2.24) is 9.78 Å². The van der Waals surface area contributed by atoms with Gasteiger partial charge in [0.15, 0.2) is 0 Å². The zero-order chi connectivity index (χ0) is 16.1. The van der Waals surface area contributed by atoms with Crippen molar-refractivity contribution in [2.75, 3.05) is 6.61 Å². The van der Waals surface area contributed by atoms with E-state index in [1.807, 2.05) is 13.8 Å². The van der Waals surface area contributed by atoms with Gasteiger partial charge in [-0.25, -0.2) is 9.48 Å². The minimum Gasteiger partial charge on any atom is -0.494 e. The van der Waals surface area contributed by atoms with Gasteiger partial charge in [0.2, 0.25) is 0 Å². The summed E-state index contributed by atoms with van der Waals surface area (Å²) in [5, 5.41) is 13.4. The number of carboxylic acid groups (broad SMARTS) is 1. The molecule has 0 unspecified atom stereocenters. The summed E-state index contributed by atoms with van der Waals surface area (Å²) < 4.78 is 6.57. The molecule has 1 heterocycles. The van der Waals surface area contributed by atoms with Gasteiger partial charge >= 0.3 is 5.97 Å². The standard InChI is InChI=1S/C16H18N2O4/c1-3-9-18-15(19)13(16(20)21)10-14(17-18)11-5-7-12(8-6-11)22-4-2/h5-8,10H,3-4,9H2,1-2H3,(H,20,21). The van der Waals surface area contributed by atoms with E-state index in [0.717, 1.165) is 11.3 Å². The number of aryl methyl sites for hydroxylation is 1. The van der Waals surface area contributed by atoms with Crippen LogP contribution < -0.4 is 10.3 Å². The lowest BCUT2D eigenvalue weighted by Crippen LogP contribution is -2.28. The first-order chi connectivity index (χ1) is 10.6. The Hall–Kier alpha value is -2.63. The summed E-state index contributed by atoms with van der Waals surface area (Å²) in [4.78, 5) is 23.3. The number of hydrogen-bond acceptors (Lipinski definition) is 4. The van der Waals surface area contributed by atoms with Gasteiger partial charge < -0.3 is 9.84 Å². The topological polar surface area (TPSA) is 81.4 Å². The number of hydrogen-bond donors (Lipinski definition) is 1. The van der Waals surface area contributed by atoms with Crippen LogP contribution in [0.4, 0.5) is 0 Å². The third-order valence-electron chi connectivity index (χ3n) is 3.10. The summed E-state index contributed by atoms with van der Waals surface area (Å²) in [7, 11) is 0. The van der Waals surface area contributed by atoms with E-state index >= 15 is 0 Å². The quantitative estimate of drug-likeness (QED) is 0.886. The Morgan fingerprint density at radius 1 is 1.27 bits per heavy atom. The lowest BCUT2D eigenvalue weighted by Gasteiger charge is -2.09. The molecule has 1 N–H and O–H groups in total. The molecule has 0 spiro atoms. The van der Waals surface area contributed by atoms with Crippen molar-refractivity contribution in [3.63, 3.8) is 0 Å². The zero-order valence-corrected chi connectivity index (χ0v) is 12.6. The highest BCUT2D eigenvalue weighted by Gasteiger charge is 2.15. The van der Waals surface area contributed by atoms with Crippen molar-refractivity contribution in [3.05, 3.63) is 46.2 Å². The van der Waals surface area contributed by atoms with Crippen LogP contribution in [0, 0.1) is 0 Å². The molecule has 0 saturated heterocycles. The maximum atomic E-state index is 12.0. The summed E-state index contributed by atoms with van der Waals surface area (Å²) >= 11 is 0. The van der Waals surface area contributed by atoms with Gasteiger partial charge in [0, 0.05) is 12.1 Å². The fourth-order valence-corrected chi connectivity index (χ4v) is 2.09. The molecule has 0 amide bonds. The number of carbonyl (C=O) groups is 1. The molecule has 2 aromatic rings. The summed E-state index contributed by atoms with van der Waals surface area (Å²) in [5.41, 5.74) is 0.334. The van der Waals surface area contributed by atoms with Crippen molar-refractivity contribution in [2.24, 2.45) is 0 Å². The third-order valence-corrected chi connectivity index (χ3v) is 3.10. The molecule has 0 aliphatic heterocycles. The van der Waals surface area contributed by atoms with E-state index in [-0.39, 0.29) is 5.56 Å². The number of rotatable bonds is 6. The minimum absolute atomic E-state index is 0.271. The van der Waals surface area contributed by atoms with Crippen LogP contribution in [0.2, 0.25) is 0 Å². The number of carboxylic acids is 1. The molecule has 0 atom stereocenters. The van der Waals surface area contributed by atoms with E-state index in [2.05, 4.69) is 5.10 Å². The fourth-order valence-electron chi connectivity index (χ4n) is 2.09. The molecular weight excluding hydrogens is 284 g/mol. The molecule has 0 aliphatic rings. The second kappa shape index (κ2) is 6.89. The first kappa shape index (κ1) is 15.8. The normalized spacial score (nSPS) is 10.5. The Bertz CT molecular complexity index is 720. The van der Waals surface area contributed by atoms with Crippen LogP contribution in [0.15, 0.2) is 35.1 Å². The Morgan fingerprint density at radius 3 is 2.50 bits per heavy atom. The molecule has 0 fully saturated rings. The second-order valence-corrected chi connectivity index (χ2v) is 4.73. The van der Waals surface area contributed by atoms with Crippen LogP contribution in [0.25, 0.3) is 11.3 Å². The smallest absolute Gasteiger partial charge is 0.341 e. The molecule has 22 heavy (non-hydrogen) atoms. The average molecular weight is 302 g/mol. The van der Waals surface area contributed by atoms with E-state index in [4.69, 9.17) is 4.74 Å². The van der Waals surface area contributed by atoms with Crippen LogP contribution in [0.5, 0.6) is 5.75 Å². The number of aromatic nitrogens is 2. The molecule has 0 saturated carbocycles. The molecule has 6 nitrogen and oxygen atoms in total. The van der Waals surface area contributed by atoms with Gasteiger partial charge in [-0.15, -0.1) is 0 Å². The minimum atomic E-state index is -1.25. The highest BCUT2D eigenvalue weighted by atomic mass is 16.5. The first-order valence-corrected chi connectivity index (χ1v) is 7.15. The van der Waals surface area contributed by atoms with E-state index in [1.54, 1.807) is 24.3 Å².